The molecule has 0 saturated carbocycles. The van der Waals surface area contributed by atoms with Gasteiger partial charge in [-0.1, -0.05) is 18.2 Å². The first-order valence-electron chi connectivity index (χ1n) is 10.7. The summed E-state index contributed by atoms with van der Waals surface area (Å²) in [5.41, 5.74) is 1.70. The van der Waals surface area contributed by atoms with Crippen molar-refractivity contribution in [2.24, 2.45) is 0 Å². The summed E-state index contributed by atoms with van der Waals surface area (Å²) in [6, 6.07) is 11.9. The highest BCUT2D eigenvalue weighted by Gasteiger charge is 2.23. The van der Waals surface area contributed by atoms with E-state index >= 15 is 0 Å². The zero-order valence-electron chi connectivity index (χ0n) is 19.6. The number of thiophene rings is 1. The van der Waals surface area contributed by atoms with Crippen LogP contribution in [-0.2, 0) is 16.1 Å². The standard InChI is InChI=1S/C26H21FI2N2O4S/c1-4-34-26(33)22-14(2)15(3)36-25(22)31-24(32)18(12-30)9-17-10-19(28)11-21(29)23(17)35-13-16-7-5-6-8-20(16)27/h5-11H,4,13H2,1-3H3,(H,31,32)/b18-9+. The Balaban J connectivity index is 1.94. The van der Waals surface area contributed by atoms with Crippen LogP contribution in [0, 0.1) is 38.1 Å². The van der Waals surface area contributed by atoms with Crippen molar-refractivity contribution in [2.75, 3.05) is 11.9 Å². The molecule has 0 aliphatic heterocycles. The van der Waals surface area contributed by atoms with Crippen LogP contribution in [0.2, 0.25) is 0 Å². The quantitative estimate of drug-likeness (QED) is 0.117. The van der Waals surface area contributed by atoms with Crippen LogP contribution in [0.4, 0.5) is 9.39 Å². The summed E-state index contributed by atoms with van der Waals surface area (Å²) in [6.45, 7) is 5.50. The number of halogens is 3. The third-order valence-electron chi connectivity index (χ3n) is 5.12. The maximum absolute atomic E-state index is 14.1. The van der Waals surface area contributed by atoms with Gasteiger partial charge in [-0.25, -0.2) is 9.18 Å². The summed E-state index contributed by atoms with van der Waals surface area (Å²) in [7, 11) is 0. The van der Waals surface area contributed by atoms with Gasteiger partial charge in [0.25, 0.3) is 5.91 Å². The minimum atomic E-state index is -0.668. The maximum atomic E-state index is 14.1. The predicted octanol–water partition coefficient (Wildman–Crippen LogP) is 7.01. The third kappa shape index (κ3) is 6.63. The second-order valence-electron chi connectivity index (χ2n) is 7.52. The van der Waals surface area contributed by atoms with E-state index in [1.165, 1.54) is 23.5 Å². The van der Waals surface area contributed by atoms with Crippen LogP contribution >= 0.6 is 56.5 Å². The van der Waals surface area contributed by atoms with Gasteiger partial charge in [0.2, 0.25) is 0 Å². The molecule has 0 aliphatic rings. The molecule has 3 aromatic rings. The lowest BCUT2D eigenvalue weighted by molar-refractivity contribution is -0.112. The first-order valence-corrected chi connectivity index (χ1v) is 13.7. The highest BCUT2D eigenvalue weighted by molar-refractivity contribution is 14.1. The molecular formula is C26H21FI2N2O4S. The van der Waals surface area contributed by atoms with E-state index in [0.29, 0.717) is 27.4 Å². The van der Waals surface area contributed by atoms with Gasteiger partial charge in [0.15, 0.2) is 0 Å². The number of esters is 1. The number of anilines is 1. The lowest BCUT2D eigenvalue weighted by Crippen LogP contribution is -2.16. The van der Waals surface area contributed by atoms with Gasteiger partial charge in [-0.15, -0.1) is 11.3 Å². The largest absolute Gasteiger partial charge is 0.487 e. The molecule has 36 heavy (non-hydrogen) atoms. The molecular weight excluding hydrogens is 709 g/mol. The van der Waals surface area contributed by atoms with Crippen molar-refractivity contribution in [1.29, 1.82) is 5.26 Å². The number of carbonyl (C=O) groups is 2. The van der Waals surface area contributed by atoms with E-state index in [-0.39, 0.29) is 30.2 Å². The molecule has 3 rings (SSSR count). The second kappa shape index (κ2) is 12.6. The fourth-order valence-corrected chi connectivity index (χ4v) is 6.33. The Kier molecular flexibility index (Phi) is 9.86. The first kappa shape index (κ1) is 28.1. The molecule has 0 aliphatic carbocycles. The summed E-state index contributed by atoms with van der Waals surface area (Å²) in [4.78, 5) is 26.4. The zero-order chi connectivity index (χ0) is 26.4. The normalized spacial score (nSPS) is 11.1. The molecule has 0 unspecified atom stereocenters. The van der Waals surface area contributed by atoms with Crippen molar-refractivity contribution in [3.05, 3.63) is 82.1 Å². The molecule has 1 aromatic heterocycles. The van der Waals surface area contributed by atoms with Crippen LogP contribution in [0.3, 0.4) is 0 Å². The smallest absolute Gasteiger partial charge is 0.341 e. The number of rotatable bonds is 8. The molecule has 186 valence electrons. The van der Waals surface area contributed by atoms with Crippen molar-refractivity contribution < 1.29 is 23.5 Å². The minimum Gasteiger partial charge on any atom is -0.487 e. The van der Waals surface area contributed by atoms with Gasteiger partial charge in [0.1, 0.15) is 34.8 Å². The Labute approximate surface area is 239 Å². The SMILES string of the molecule is CCOC(=O)c1c(NC(=O)/C(C#N)=C/c2cc(I)cc(I)c2OCc2ccccc2F)sc(C)c1C. The number of nitrogens with zero attached hydrogens (tertiary/aromatic N) is 1. The summed E-state index contributed by atoms with van der Waals surface area (Å²) in [6.07, 6.45) is 1.42. The van der Waals surface area contributed by atoms with Crippen molar-refractivity contribution in [3.63, 3.8) is 0 Å². The molecule has 0 radical (unpaired) electrons. The summed E-state index contributed by atoms with van der Waals surface area (Å²) in [5, 5.41) is 12.8. The van der Waals surface area contributed by atoms with E-state index in [0.717, 1.165) is 12.0 Å². The van der Waals surface area contributed by atoms with Gasteiger partial charge in [-0.3, -0.25) is 4.79 Å². The van der Waals surface area contributed by atoms with Gasteiger partial charge >= 0.3 is 5.97 Å². The summed E-state index contributed by atoms with van der Waals surface area (Å²) in [5.74, 6) is -1.16. The molecule has 6 nitrogen and oxygen atoms in total. The molecule has 1 heterocycles. The molecule has 1 N–H and O–H groups in total. The van der Waals surface area contributed by atoms with E-state index in [9.17, 15) is 19.2 Å². The van der Waals surface area contributed by atoms with Crippen LogP contribution in [0.25, 0.3) is 6.08 Å². The number of nitrogens with one attached hydrogen (secondary N) is 1. The average Bonchev–Trinajstić information content (AvgIpc) is 3.10. The summed E-state index contributed by atoms with van der Waals surface area (Å²) < 4.78 is 26.8. The monoisotopic (exact) mass is 730 g/mol. The maximum Gasteiger partial charge on any atom is 0.341 e. The van der Waals surface area contributed by atoms with E-state index in [2.05, 4.69) is 50.5 Å². The highest BCUT2D eigenvalue weighted by Crippen LogP contribution is 2.34. The van der Waals surface area contributed by atoms with Crippen LogP contribution in [0.15, 0.2) is 42.0 Å². The van der Waals surface area contributed by atoms with Gasteiger partial charge in [0, 0.05) is 19.6 Å². The first-order chi connectivity index (χ1) is 17.2. The summed E-state index contributed by atoms with van der Waals surface area (Å²) >= 11 is 5.47. The van der Waals surface area contributed by atoms with Crippen LogP contribution in [0.1, 0.15) is 38.8 Å². The molecule has 2 aromatic carbocycles. The number of nitriles is 1. The second-order valence-corrected chi connectivity index (χ2v) is 11.2. The van der Waals surface area contributed by atoms with E-state index in [4.69, 9.17) is 9.47 Å². The fourth-order valence-electron chi connectivity index (χ4n) is 3.24. The number of amides is 1. The van der Waals surface area contributed by atoms with Gasteiger partial charge in [-0.2, -0.15) is 5.26 Å². The number of hydrogen-bond donors (Lipinski definition) is 1. The Bertz CT molecular complexity index is 1400. The Morgan fingerprint density at radius 2 is 1.94 bits per heavy atom. The third-order valence-corrected chi connectivity index (χ3v) is 7.67. The lowest BCUT2D eigenvalue weighted by atomic mass is 10.1. The van der Waals surface area contributed by atoms with Crippen molar-refractivity contribution in [3.8, 4) is 11.8 Å². The average molecular weight is 730 g/mol. The molecule has 1 amide bonds. The van der Waals surface area contributed by atoms with Crippen molar-refractivity contribution >= 4 is 79.5 Å². The van der Waals surface area contributed by atoms with Crippen LogP contribution in [0.5, 0.6) is 5.75 Å². The number of benzene rings is 2. The molecule has 10 heteroatoms. The van der Waals surface area contributed by atoms with Crippen LogP contribution in [-0.4, -0.2) is 18.5 Å². The molecule has 0 atom stereocenters. The molecule has 0 bridgehead atoms. The van der Waals surface area contributed by atoms with Crippen molar-refractivity contribution in [1.82, 2.24) is 0 Å². The Morgan fingerprint density at radius 1 is 1.22 bits per heavy atom. The zero-order valence-corrected chi connectivity index (χ0v) is 24.7. The Morgan fingerprint density at radius 3 is 2.61 bits per heavy atom. The highest BCUT2D eigenvalue weighted by atomic mass is 127. The molecule has 0 spiro atoms. The van der Waals surface area contributed by atoms with Gasteiger partial charge in [0.05, 0.1) is 15.7 Å². The predicted molar refractivity (Wildman–Crippen MR) is 155 cm³/mol. The lowest BCUT2D eigenvalue weighted by Gasteiger charge is -2.13. The van der Waals surface area contributed by atoms with Crippen molar-refractivity contribution in [2.45, 2.75) is 27.4 Å². The van der Waals surface area contributed by atoms with Crippen LogP contribution < -0.4 is 10.1 Å². The number of carbonyl (C=O) groups excluding carboxylic acids is 2. The van der Waals surface area contributed by atoms with E-state index < -0.39 is 11.9 Å². The molecule has 0 fully saturated rings. The number of hydrogen-bond acceptors (Lipinski definition) is 6. The van der Waals surface area contributed by atoms with Gasteiger partial charge in [-0.05, 0) is 95.8 Å². The number of ether oxygens (including phenoxy) is 2. The number of aryl methyl sites for hydroxylation is 1. The Hall–Kier alpha value is -2.50. The topological polar surface area (TPSA) is 88.4 Å². The minimum absolute atomic E-state index is 0.0190. The van der Waals surface area contributed by atoms with E-state index in [1.807, 2.05) is 19.1 Å². The van der Waals surface area contributed by atoms with E-state index in [1.54, 1.807) is 38.1 Å². The molecule has 0 saturated heterocycles. The fraction of sp³-hybridized carbons (Fsp3) is 0.192. The van der Waals surface area contributed by atoms with Gasteiger partial charge < -0.3 is 14.8 Å².